The van der Waals surface area contributed by atoms with Crippen LogP contribution < -0.4 is 0 Å². The van der Waals surface area contributed by atoms with E-state index >= 15 is 0 Å². The zero-order chi connectivity index (χ0) is 13.5. The minimum absolute atomic E-state index is 0.0426. The van der Waals surface area contributed by atoms with Crippen molar-refractivity contribution in [1.29, 1.82) is 15.8 Å². The minimum atomic E-state index is -0.0426. The first-order chi connectivity index (χ1) is 8.65. The number of hydrogen-bond acceptors (Lipinski definition) is 3. The van der Waals surface area contributed by atoms with Crippen molar-refractivity contribution in [1.82, 2.24) is 0 Å². The van der Waals surface area contributed by atoms with Crippen molar-refractivity contribution < 1.29 is 0 Å². The van der Waals surface area contributed by atoms with Gasteiger partial charge in [-0.1, -0.05) is 35.9 Å². The molecule has 0 aliphatic heterocycles. The molecular formula is C15H11N3. The molecule has 0 aliphatic rings. The molecule has 0 atom stereocenters. The Bertz CT molecular complexity index is 609. The quantitative estimate of drug-likeness (QED) is 0.580. The maximum atomic E-state index is 9.21. The number of allylic oxidation sites excluding steroid dienone is 4. The van der Waals surface area contributed by atoms with Crippen LogP contribution in [-0.4, -0.2) is 0 Å². The summed E-state index contributed by atoms with van der Waals surface area (Å²) >= 11 is 0. The molecule has 0 radical (unpaired) electrons. The molecule has 0 amide bonds. The normalized spacial score (nSPS) is 8.39. The van der Waals surface area contributed by atoms with Crippen LogP contribution in [0.1, 0.15) is 19.4 Å². The summed E-state index contributed by atoms with van der Waals surface area (Å²) in [5, 5.41) is 27.3. The molecule has 0 N–H and O–H groups in total. The maximum Gasteiger partial charge on any atom is 0.138 e. The average Bonchev–Trinajstić information content (AvgIpc) is 2.39. The van der Waals surface area contributed by atoms with Gasteiger partial charge in [0.15, 0.2) is 0 Å². The molecule has 86 valence electrons. The summed E-state index contributed by atoms with van der Waals surface area (Å²) in [6, 6.07) is 14.8. The van der Waals surface area contributed by atoms with Crippen LogP contribution in [0.4, 0.5) is 0 Å². The van der Waals surface area contributed by atoms with Crippen molar-refractivity contribution in [3.63, 3.8) is 0 Å². The first-order valence-corrected chi connectivity index (χ1v) is 5.33. The van der Waals surface area contributed by atoms with Gasteiger partial charge in [-0.25, -0.2) is 0 Å². The van der Waals surface area contributed by atoms with Crippen molar-refractivity contribution in [2.45, 2.75) is 13.8 Å². The van der Waals surface area contributed by atoms with Crippen LogP contribution in [0.5, 0.6) is 0 Å². The third-order valence-corrected chi connectivity index (χ3v) is 2.40. The van der Waals surface area contributed by atoms with Crippen molar-refractivity contribution in [3.05, 3.63) is 52.6 Å². The van der Waals surface area contributed by atoms with Gasteiger partial charge in [-0.3, -0.25) is 0 Å². The molecule has 0 heterocycles. The summed E-state index contributed by atoms with van der Waals surface area (Å²) in [4.78, 5) is 0. The zero-order valence-corrected chi connectivity index (χ0v) is 10.2. The Hall–Kier alpha value is -2.83. The van der Waals surface area contributed by atoms with Crippen LogP contribution >= 0.6 is 0 Å². The van der Waals surface area contributed by atoms with Gasteiger partial charge in [0.05, 0.1) is 11.6 Å². The SMILES string of the molecule is CC(C)=C(C#N)C(=C(C#N)C#N)c1ccccc1. The fraction of sp³-hybridized carbons (Fsp3) is 0.133. The van der Waals surface area contributed by atoms with Crippen LogP contribution in [0.15, 0.2) is 47.1 Å². The lowest BCUT2D eigenvalue weighted by Gasteiger charge is -2.08. The predicted molar refractivity (Wildman–Crippen MR) is 68.6 cm³/mol. The van der Waals surface area contributed by atoms with Crippen LogP contribution in [0.25, 0.3) is 5.57 Å². The lowest BCUT2D eigenvalue weighted by atomic mass is 9.92. The van der Waals surface area contributed by atoms with Gasteiger partial charge in [-0.05, 0) is 19.4 Å². The monoisotopic (exact) mass is 233 g/mol. The van der Waals surface area contributed by atoms with Gasteiger partial charge in [0, 0.05) is 5.57 Å². The van der Waals surface area contributed by atoms with E-state index in [9.17, 15) is 5.26 Å². The summed E-state index contributed by atoms with van der Waals surface area (Å²) in [6.07, 6.45) is 0. The minimum Gasteiger partial charge on any atom is -0.192 e. The van der Waals surface area contributed by atoms with E-state index in [0.29, 0.717) is 16.7 Å². The number of hydrogen-bond donors (Lipinski definition) is 0. The largest absolute Gasteiger partial charge is 0.192 e. The Balaban J connectivity index is 3.67. The Morgan fingerprint density at radius 3 is 1.83 bits per heavy atom. The average molecular weight is 233 g/mol. The Morgan fingerprint density at radius 1 is 0.889 bits per heavy atom. The molecule has 0 spiro atoms. The molecule has 1 rings (SSSR count). The van der Waals surface area contributed by atoms with Gasteiger partial charge in [0.1, 0.15) is 17.7 Å². The van der Waals surface area contributed by atoms with Crippen molar-refractivity contribution in [3.8, 4) is 18.2 Å². The number of nitrogens with zero attached hydrogens (tertiary/aromatic N) is 3. The molecule has 1 aromatic rings. The van der Waals surface area contributed by atoms with E-state index in [4.69, 9.17) is 10.5 Å². The first kappa shape index (κ1) is 13.2. The van der Waals surface area contributed by atoms with E-state index in [0.717, 1.165) is 5.57 Å². The van der Waals surface area contributed by atoms with E-state index in [1.165, 1.54) is 0 Å². The van der Waals surface area contributed by atoms with E-state index in [1.54, 1.807) is 26.0 Å². The highest BCUT2D eigenvalue weighted by Crippen LogP contribution is 2.28. The molecule has 18 heavy (non-hydrogen) atoms. The maximum absolute atomic E-state index is 9.21. The van der Waals surface area contributed by atoms with Crippen LogP contribution in [-0.2, 0) is 0 Å². The smallest absolute Gasteiger partial charge is 0.138 e. The Morgan fingerprint density at radius 2 is 1.44 bits per heavy atom. The molecule has 0 aromatic heterocycles. The fourth-order valence-corrected chi connectivity index (χ4v) is 1.57. The third-order valence-electron chi connectivity index (χ3n) is 2.40. The van der Waals surface area contributed by atoms with Crippen LogP contribution in [0.2, 0.25) is 0 Å². The van der Waals surface area contributed by atoms with E-state index < -0.39 is 0 Å². The number of nitriles is 3. The lowest BCUT2D eigenvalue weighted by molar-refractivity contribution is 1.33. The predicted octanol–water partition coefficient (Wildman–Crippen LogP) is 3.35. The standard InChI is InChI=1S/C15H11N3/c1-11(2)14(10-18)15(13(8-16)9-17)12-6-4-3-5-7-12/h3-7H,1-2H3. The molecule has 3 heteroatoms. The molecule has 0 aliphatic carbocycles. The van der Waals surface area contributed by atoms with Gasteiger partial charge in [-0.2, -0.15) is 15.8 Å². The summed E-state index contributed by atoms with van der Waals surface area (Å²) in [6.45, 7) is 3.57. The molecular weight excluding hydrogens is 222 g/mol. The number of rotatable bonds is 2. The van der Waals surface area contributed by atoms with Crippen LogP contribution in [0.3, 0.4) is 0 Å². The highest BCUT2D eigenvalue weighted by molar-refractivity contribution is 5.89. The summed E-state index contributed by atoms with van der Waals surface area (Å²) in [7, 11) is 0. The van der Waals surface area contributed by atoms with Gasteiger partial charge in [0.2, 0.25) is 0 Å². The molecule has 0 bridgehead atoms. The Kier molecular flexibility index (Phi) is 4.44. The summed E-state index contributed by atoms with van der Waals surface area (Å²) < 4.78 is 0. The van der Waals surface area contributed by atoms with E-state index in [-0.39, 0.29) is 5.57 Å². The Labute approximate surface area is 107 Å². The molecule has 0 saturated heterocycles. The molecule has 0 saturated carbocycles. The second-order valence-electron chi connectivity index (χ2n) is 3.83. The molecule has 3 nitrogen and oxygen atoms in total. The first-order valence-electron chi connectivity index (χ1n) is 5.33. The number of benzene rings is 1. The van der Waals surface area contributed by atoms with Crippen molar-refractivity contribution in [2.24, 2.45) is 0 Å². The van der Waals surface area contributed by atoms with Gasteiger partial charge in [0.25, 0.3) is 0 Å². The fourth-order valence-electron chi connectivity index (χ4n) is 1.57. The second-order valence-corrected chi connectivity index (χ2v) is 3.83. The van der Waals surface area contributed by atoms with E-state index in [1.807, 2.05) is 30.3 Å². The van der Waals surface area contributed by atoms with Gasteiger partial charge in [-0.15, -0.1) is 0 Å². The second kappa shape index (κ2) is 6.04. The highest BCUT2D eigenvalue weighted by Gasteiger charge is 2.15. The molecule has 0 unspecified atom stereocenters. The topological polar surface area (TPSA) is 71.4 Å². The lowest BCUT2D eigenvalue weighted by Crippen LogP contribution is -1.94. The van der Waals surface area contributed by atoms with Crippen molar-refractivity contribution in [2.75, 3.05) is 0 Å². The van der Waals surface area contributed by atoms with Gasteiger partial charge >= 0.3 is 0 Å². The molecule has 0 fully saturated rings. The molecule has 1 aromatic carbocycles. The van der Waals surface area contributed by atoms with Crippen LogP contribution in [0, 0.1) is 34.0 Å². The third kappa shape index (κ3) is 2.64. The van der Waals surface area contributed by atoms with Crippen molar-refractivity contribution >= 4 is 5.57 Å². The van der Waals surface area contributed by atoms with E-state index in [2.05, 4.69) is 6.07 Å². The van der Waals surface area contributed by atoms with Gasteiger partial charge < -0.3 is 0 Å². The summed E-state index contributed by atoms with van der Waals surface area (Å²) in [5.41, 5.74) is 2.22. The summed E-state index contributed by atoms with van der Waals surface area (Å²) in [5.74, 6) is 0. The zero-order valence-electron chi connectivity index (χ0n) is 10.2. The highest BCUT2D eigenvalue weighted by atomic mass is 14.3.